The fourth-order valence-corrected chi connectivity index (χ4v) is 4.82. The molecule has 0 unspecified atom stereocenters. The van der Waals surface area contributed by atoms with Crippen LogP contribution >= 0.6 is 0 Å². The van der Waals surface area contributed by atoms with Gasteiger partial charge in [-0.05, 0) is 35.9 Å². The van der Waals surface area contributed by atoms with E-state index in [1.54, 1.807) is 24.3 Å². The Labute approximate surface area is 189 Å². The summed E-state index contributed by atoms with van der Waals surface area (Å²) in [4.78, 5) is -1.32. The van der Waals surface area contributed by atoms with Gasteiger partial charge in [0.1, 0.15) is 21.2 Å². The summed E-state index contributed by atoms with van der Waals surface area (Å²) in [5.74, 6) is -0.513. The molecule has 11 heteroatoms. The van der Waals surface area contributed by atoms with Crippen LogP contribution in [0.15, 0.2) is 98.9 Å². The molecule has 0 atom stereocenters. The van der Waals surface area contributed by atoms with Crippen molar-refractivity contribution in [2.45, 2.75) is 9.79 Å². The molecule has 0 bridgehead atoms. The molecule has 0 aliphatic rings. The van der Waals surface area contributed by atoms with Gasteiger partial charge in [0.15, 0.2) is 0 Å². The van der Waals surface area contributed by atoms with E-state index in [0.29, 0.717) is 11.3 Å². The first-order chi connectivity index (χ1) is 15.6. The average Bonchev–Trinajstić information content (AvgIpc) is 2.77. The second-order valence-electron chi connectivity index (χ2n) is 6.95. The molecule has 4 aromatic carbocycles. The number of rotatable bonds is 5. The van der Waals surface area contributed by atoms with E-state index in [1.165, 1.54) is 0 Å². The predicted octanol–water partition coefficient (Wildman–Crippen LogP) is 5.12. The third-order valence-corrected chi connectivity index (χ3v) is 6.66. The number of phenolic OH excluding ortho intramolecular Hbond substituents is 1. The zero-order valence-corrected chi connectivity index (χ0v) is 18.3. The number of aromatic hydroxyl groups is 1. The molecule has 0 aliphatic carbocycles. The van der Waals surface area contributed by atoms with Gasteiger partial charge < -0.3 is 5.11 Å². The smallest absolute Gasteiger partial charge is 0.295 e. The van der Waals surface area contributed by atoms with E-state index in [0.717, 1.165) is 29.8 Å². The summed E-state index contributed by atoms with van der Waals surface area (Å²) in [5.41, 5.74) is 1.53. The zero-order chi connectivity index (χ0) is 23.8. The maximum Gasteiger partial charge on any atom is 0.295 e. The lowest BCUT2D eigenvalue weighted by Gasteiger charge is -2.11. The third kappa shape index (κ3) is 4.47. The van der Waals surface area contributed by atoms with Gasteiger partial charge in [-0.25, -0.2) is 0 Å². The van der Waals surface area contributed by atoms with Gasteiger partial charge in [0.2, 0.25) is 0 Å². The van der Waals surface area contributed by atoms with Gasteiger partial charge in [0.05, 0.1) is 5.69 Å². The average molecular weight is 485 g/mol. The fraction of sp³-hybridized carbons (Fsp3) is 0. The van der Waals surface area contributed by atoms with Gasteiger partial charge in [-0.3, -0.25) is 9.11 Å². The molecular weight excluding hydrogens is 468 g/mol. The van der Waals surface area contributed by atoms with Crippen molar-refractivity contribution in [1.82, 2.24) is 0 Å². The Bertz CT molecular complexity index is 1620. The first-order valence-electron chi connectivity index (χ1n) is 9.37. The van der Waals surface area contributed by atoms with Crippen LogP contribution in [0.3, 0.4) is 0 Å². The molecule has 4 rings (SSSR count). The van der Waals surface area contributed by atoms with Gasteiger partial charge in [0, 0.05) is 16.3 Å². The van der Waals surface area contributed by atoms with Crippen molar-refractivity contribution < 1.29 is 31.0 Å². The molecule has 9 nitrogen and oxygen atoms in total. The third-order valence-electron chi connectivity index (χ3n) is 4.86. The van der Waals surface area contributed by atoms with Crippen molar-refractivity contribution in [3.05, 3.63) is 78.9 Å². The lowest BCUT2D eigenvalue weighted by atomic mass is 10.0. The van der Waals surface area contributed by atoms with Crippen LogP contribution in [0.25, 0.3) is 21.9 Å². The molecule has 0 heterocycles. The number of hydrogen-bond donors (Lipinski definition) is 3. The minimum atomic E-state index is -4.85. The zero-order valence-electron chi connectivity index (χ0n) is 16.7. The monoisotopic (exact) mass is 484 g/mol. The van der Waals surface area contributed by atoms with Crippen LogP contribution in [0, 0.1) is 0 Å². The molecule has 33 heavy (non-hydrogen) atoms. The summed E-state index contributed by atoms with van der Waals surface area (Å²) in [6.07, 6.45) is 0. The van der Waals surface area contributed by atoms with Gasteiger partial charge in [-0.1, -0.05) is 48.5 Å². The Balaban J connectivity index is 2.00. The van der Waals surface area contributed by atoms with Crippen molar-refractivity contribution in [2.24, 2.45) is 10.2 Å². The quantitative estimate of drug-likeness (QED) is 0.262. The summed E-state index contributed by atoms with van der Waals surface area (Å²) >= 11 is 0. The number of fused-ring (bicyclic) bond motifs is 1. The molecular formula is C22H16N2O7S2. The molecule has 0 saturated heterocycles. The topological polar surface area (TPSA) is 154 Å². The Hall–Kier alpha value is -3.64. The van der Waals surface area contributed by atoms with Gasteiger partial charge in [0.25, 0.3) is 20.2 Å². The van der Waals surface area contributed by atoms with Crippen molar-refractivity contribution in [3.63, 3.8) is 0 Å². The highest BCUT2D eigenvalue weighted by atomic mass is 32.2. The van der Waals surface area contributed by atoms with E-state index in [9.17, 15) is 31.0 Å². The summed E-state index contributed by atoms with van der Waals surface area (Å²) in [6, 6.07) is 20.0. The Morgan fingerprint density at radius 1 is 0.636 bits per heavy atom. The molecule has 0 aliphatic heterocycles. The normalized spacial score (nSPS) is 12.4. The SMILES string of the molecule is O=S(=O)(O)c1ccc(S(=O)(=O)O)c2c(N=Nc3ccccc3-c3ccccc3)c(O)ccc12. The van der Waals surface area contributed by atoms with Crippen LogP contribution in [0.5, 0.6) is 5.75 Å². The molecule has 0 aromatic heterocycles. The highest BCUT2D eigenvalue weighted by molar-refractivity contribution is 7.86. The Morgan fingerprint density at radius 3 is 1.91 bits per heavy atom. The highest BCUT2D eigenvalue weighted by Gasteiger charge is 2.24. The lowest BCUT2D eigenvalue weighted by molar-refractivity contribution is 0.475. The van der Waals surface area contributed by atoms with Crippen molar-refractivity contribution in [3.8, 4) is 16.9 Å². The Kier molecular flexibility index (Phi) is 5.72. The first kappa shape index (κ1) is 22.6. The lowest BCUT2D eigenvalue weighted by Crippen LogP contribution is -2.04. The van der Waals surface area contributed by atoms with Crippen molar-refractivity contribution in [1.29, 1.82) is 0 Å². The van der Waals surface area contributed by atoms with Crippen LogP contribution in [-0.2, 0) is 20.2 Å². The van der Waals surface area contributed by atoms with E-state index in [1.807, 2.05) is 30.3 Å². The number of benzene rings is 4. The largest absolute Gasteiger partial charge is 0.506 e. The molecule has 168 valence electrons. The molecule has 0 radical (unpaired) electrons. The molecule has 0 fully saturated rings. The van der Waals surface area contributed by atoms with Crippen molar-refractivity contribution >= 4 is 42.4 Å². The molecule has 3 N–H and O–H groups in total. The second-order valence-corrected chi connectivity index (χ2v) is 9.73. The van der Waals surface area contributed by atoms with E-state index >= 15 is 0 Å². The molecule has 0 saturated carbocycles. The summed E-state index contributed by atoms with van der Waals surface area (Å²) in [7, 11) is -9.62. The van der Waals surface area contributed by atoms with E-state index in [2.05, 4.69) is 10.2 Å². The molecule has 0 amide bonds. The predicted molar refractivity (Wildman–Crippen MR) is 121 cm³/mol. The number of hydrogen-bond acceptors (Lipinski definition) is 7. The molecule has 4 aromatic rings. The first-order valence-corrected chi connectivity index (χ1v) is 12.3. The Morgan fingerprint density at radius 2 is 1.24 bits per heavy atom. The number of phenols is 1. The van der Waals surface area contributed by atoms with Crippen molar-refractivity contribution in [2.75, 3.05) is 0 Å². The minimum absolute atomic E-state index is 0.268. The summed E-state index contributed by atoms with van der Waals surface area (Å²) in [6.45, 7) is 0. The van der Waals surface area contributed by atoms with Gasteiger partial charge in [-0.15, -0.1) is 10.2 Å². The van der Waals surface area contributed by atoms with Crippen LogP contribution in [0.4, 0.5) is 11.4 Å². The van der Waals surface area contributed by atoms with Crippen LogP contribution in [0.2, 0.25) is 0 Å². The summed E-state index contributed by atoms with van der Waals surface area (Å²) in [5, 5.41) is 17.9. The van der Waals surface area contributed by atoms with Crippen LogP contribution in [0.1, 0.15) is 0 Å². The maximum absolute atomic E-state index is 12.0. The van der Waals surface area contributed by atoms with Crippen LogP contribution < -0.4 is 0 Å². The second kappa shape index (κ2) is 8.37. The highest BCUT2D eigenvalue weighted by Crippen LogP contribution is 2.42. The van der Waals surface area contributed by atoms with Crippen LogP contribution in [-0.4, -0.2) is 31.0 Å². The number of azo groups is 1. The standard InChI is InChI=1S/C22H16N2O7S2/c25-18-11-10-16-19(32(26,27)28)12-13-20(33(29,30)31)21(16)22(18)24-23-17-9-5-4-8-15(17)14-6-2-1-3-7-14/h1-13,25H,(H,26,27,28)(H,29,30,31). The van der Waals surface area contributed by atoms with E-state index < -0.39 is 46.9 Å². The van der Waals surface area contributed by atoms with E-state index in [-0.39, 0.29) is 5.39 Å². The summed E-state index contributed by atoms with van der Waals surface area (Å²) < 4.78 is 66.8. The molecule has 0 spiro atoms. The van der Waals surface area contributed by atoms with Gasteiger partial charge >= 0.3 is 0 Å². The number of nitrogens with zero attached hydrogens (tertiary/aromatic N) is 2. The minimum Gasteiger partial charge on any atom is -0.506 e. The van der Waals surface area contributed by atoms with E-state index in [4.69, 9.17) is 0 Å². The fourth-order valence-electron chi connectivity index (χ4n) is 3.43. The van der Waals surface area contributed by atoms with Gasteiger partial charge in [-0.2, -0.15) is 16.8 Å². The maximum atomic E-state index is 12.0.